The van der Waals surface area contributed by atoms with Gasteiger partial charge in [0.05, 0.1) is 10.9 Å². The number of carbonyl (C=O) groups excluding carboxylic acids is 2. The number of nitrogens with zero attached hydrogens (tertiary/aromatic N) is 4. The number of benzene rings is 2. The van der Waals surface area contributed by atoms with E-state index in [4.69, 9.17) is 0 Å². The summed E-state index contributed by atoms with van der Waals surface area (Å²) in [6.07, 6.45) is 0. The van der Waals surface area contributed by atoms with E-state index in [1.165, 1.54) is 23.4 Å². The lowest BCUT2D eigenvalue weighted by Gasteiger charge is -2.14. The molecule has 3 aromatic rings. The number of nitrogens with one attached hydrogen (secondary N) is 2. The third-order valence-electron chi connectivity index (χ3n) is 4.15. The number of rotatable bonds is 6. The van der Waals surface area contributed by atoms with Crippen molar-refractivity contribution in [2.45, 2.75) is 38.1 Å². The van der Waals surface area contributed by atoms with Gasteiger partial charge in [0, 0.05) is 18.3 Å². The van der Waals surface area contributed by atoms with Gasteiger partial charge in [0.2, 0.25) is 17.0 Å². The van der Waals surface area contributed by atoms with Crippen molar-refractivity contribution in [1.82, 2.24) is 20.2 Å². The second-order valence-corrected chi connectivity index (χ2v) is 7.98. The maximum Gasteiger partial charge on any atom is 0.237 e. The molecule has 0 aliphatic heterocycles. The highest BCUT2D eigenvalue weighted by atomic mass is 32.2. The number of anilines is 2. The number of tetrazole rings is 1. The Labute approximate surface area is 173 Å². The van der Waals surface area contributed by atoms with Crippen molar-refractivity contribution in [3.05, 3.63) is 53.6 Å². The molecule has 1 unspecified atom stereocenters. The van der Waals surface area contributed by atoms with Gasteiger partial charge in [-0.3, -0.25) is 9.59 Å². The highest BCUT2D eigenvalue weighted by Gasteiger charge is 2.20. The Morgan fingerprint density at radius 1 is 1.10 bits per heavy atom. The lowest BCUT2D eigenvalue weighted by Crippen LogP contribution is -2.23. The zero-order chi connectivity index (χ0) is 21.0. The molecule has 0 saturated carbocycles. The summed E-state index contributed by atoms with van der Waals surface area (Å²) in [7, 11) is 0. The Hall–Kier alpha value is -3.20. The second-order valence-electron chi connectivity index (χ2n) is 6.67. The molecule has 0 aliphatic carbocycles. The van der Waals surface area contributed by atoms with Gasteiger partial charge in [-0.25, -0.2) is 0 Å². The molecule has 0 saturated heterocycles. The number of aryl methyl sites for hydroxylation is 2. The summed E-state index contributed by atoms with van der Waals surface area (Å²) in [4.78, 5) is 24.0. The number of thioether (sulfide) groups is 1. The first-order chi connectivity index (χ1) is 13.8. The van der Waals surface area contributed by atoms with Gasteiger partial charge in [-0.05, 0) is 66.6 Å². The normalized spacial score (nSPS) is 11.7. The summed E-state index contributed by atoms with van der Waals surface area (Å²) in [5.74, 6) is -0.296. The summed E-state index contributed by atoms with van der Waals surface area (Å²) in [5.41, 5.74) is 4.20. The van der Waals surface area contributed by atoms with E-state index in [1.54, 1.807) is 25.1 Å². The largest absolute Gasteiger partial charge is 0.326 e. The first kappa shape index (κ1) is 20.5. The molecule has 150 valence electrons. The average molecular weight is 411 g/mol. The fourth-order valence-corrected chi connectivity index (χ4v) is 3.46. The van der Waals surface area contributed by atoms with Crippen LogP contribution in [-0.4, -0.2) is 37.3 Å². The minimum atomic E-state index is -0.418. The second kappa shape index (κ2) is 8.87. The van der Waals surface area contributed by atoms with Crippen molar-refractivity contribution in [2.75, 3.05) is 10.6 Å². The van der Waals surface area contributed by atoms with Crippen LogP contribution in [0.5, 0.6) is 0 Å². The first-order valence-electron chi connectivity index (χ1n) is 9.04. The molecule has 2 amide bonds. The molecule has 8 nitrogen and oxygen atoms in total. The summed E-state index contributed by atoms with van der Waals surface area (Å²) in [6.45, 7) is 7.19. The summed E-state index contributed by atoms with van der Waals surface area (Å²) < 4.78 is 1.54. The molecule has 0 fully saturated rings. The molecule has 0 radical (unpaired) electrons. The third kappa shape index (κ3) is 5.20. The molecule has 0 bridgehead atoms. The van der Waals surface area contributed by atoms with E-state index in [0.29, 0.717) is 16.5 Å². The van der Waals surface area contributed by atoms with Gasteiger partial charge in [0.25, 0.3) is 0 Å². The molecule has 0 aliphatic rings. The van der Waals surface area contributed by atoms with E-state index in [0.717, 1.165) is 16.8 Å². The van der Waals surface area contributed by atoms with Crippen molar-refractivity contribution >= 4 is 35.0 Å². The molecule has 1 aromatic heterocycles. The Balaban J connectivity index is 1.75. The monoisotopic (exact) mass is 410 g/mol. The van der Waals surface area contributed by atoms with Crippen LogP contribution in [0.15, 0.2) is 47.6 Å². The van der Waals surface area contributed by atoms with Crippen LogP contribution in [0.3, 0.4) is 0 Å². The Kier molecular flexibility index (Phi) is 6.28. The van der Waals surface area contributed by atoms with Gasteiger partial charge in [-0.15, -0.1) is 5.10 Å². The number of amides is 2. The molecule has 9 heteroatoms. The standard InChI is InChI=1S/C20H22N6O2S/c1-12-8-9-13(2)18(10-12)22-19(28)14(3)29-20-23-24-25-26(20)17-7-5-6-16(11-17)21-15(4)27/h5-11,14H,1-4H3,(H,21,27)(H,22,28). The van der Waals surface area contributed by atoms with Crippen molar-refractivity contribution in [3.8, 4) is 5.69 Å². The van der Waals surface area contributed by atoms with Crippen LogP contribution in [0.4, 0.5) is 11.4 Å². The van der Waals surface area contributed by atoms with Crippen molar-refractivity contribution in [2.24, 2.45) is 0 Å². The molecule has 2 aromatic carbocycles. The van der Waals surface area contributed by atoms with E-state index in [-0.39, 0.29) is 11.8 Å². The lowest BCUT2D eigenvalue weighted by molar-refractivity contribution is -0.115. The minimum Gasteiger partial charge on any atom is -0.326 e. The van der Waals surface area contributed by atoms with Crippen LogP contribution in [-0.2, 0) is 9.59 Å². The molecular weight excluding hydrogens is 388 g/mol. The maximum atomic E-state index is 12.7. The predicted molar refractivity (Wildman–Crippen MR) is 113 cm³/mol. The van der Waals surface area contributed by atoms with Gasteiger partial charge >= 0.3 is 0 Å². The fraction of sp³-hybridized carbons (Fsp3) is 0.250. The topological polar surface area (TPSA) is 102 Å². The minimum absolute atomic E-state index is 0.134. The maximum absolute atomic E-state index is 12.7. The third-order valence-corrected chi connectivity index (χ3v) is 5.19. The fourth-order valence-electron chi connectivity index (χ4n) is 2.65. The van der Waals surface area contributed by atoms with Gasteiger partial charge in [-0.1, -0.05) is 30.0 Å². The lowest BCUT2D eigenvalue weighted by atomic mass is 10.1. The molecule has 3 rings (SSSR count). The molecule has 1 atom stereocenters. The summed E-state index contributed by atoms with van der Waals surface area (Å²) in [5, 5.41) is 17.6. The van der Waals surface area contributed by atoms with E-state index in [2.05, 4.69) is 26.2 Å². The number of hydrogen-bond donors (Lipinski definition) is 2. The molecule has 2 N–H and O–H groups in total. The average Bonchev–Trinajstić information content (AvgIpc) is 3.12. The van der Waals surface area contributed by atoms with Crippen LogP contribution >= 0.6 is 11.8 Å². The van der Waals surface area contributed by atoms with Crippen molar-refractivity contribution < 1.29 is 9.59 Å². The van der Waals surface area contributed by atoms with Crippen LogP contribution in [0.25, 0.3) is 5.69 Å². The van der Waals surface area contributed by atoms with Crippen molar-refractivity contribution in [3.63, 3.8) is 0 Å². The number of hydrogen-bond acceptors (Lipinski definition) is 6. The highest BCUT2D eigenvalue weighted by molar-refractivity contribution is 8.00. The number of aromatic nitrogens is 4. The Morgan fingerprint density at radius 3 is 2.66 bits per heavy atom. The van der Waals surface area contributed by atoms with Crippen LogP contribution in [0.1, 0.15) is 25.0 Å². The predicted octanol–water partition coefficient (Wildman–Crippen LogP) is 3.36. The Bertz CT molecular complexity index is 1050. The van der Waals surface area contributed by atoms with E-state index < -0.39 is 5.25 Å². The smallest absolute Gasteiger partial charge is 0.237 e. The molecule has 1 heterocycles. The quantitative estimate of drug-likeness (QED) is 0.604. The van der Waals surface area contributed by atoms with E-state index in [1.807, 2.05) is 38.1 Å². The van der Waals surface area contributed by atoms with Gasteiger partial charge in [0.1, 0.15) is 0 Å². The molecular formula is C20H22N6O2S. The van der Waals surface area contributed by atoms with Crippen molar-refractivity contribution in [1.29, 1.82) is 0 Å². The summed E-state index contributed by atoms with van der Waals surface area (Å²) in [6, 6.07) is 13.1. The van der Waals surface area contributed by atoms with E-state index in [9.17, 15) is 9.59 Å². The van der Waals surface area contributed by atoms with Crippen LogP contribution in [0, 0.1) is 13.8 Å². The number of carbonyl (C=O) groups is 2. The van der Waals surface area contributed by atoms with Gasteiger partial charge in [-0.2, -0.15) is 4.68 Å². The van der Waals surface area contributed by atoms with Gasteiger partial charge < -0.3 is 10.6 Å². The molecule has 29 heavy (non-hydrogen) atoms. The van der Waals surface area contributed by atoms with Crippen LogP contribution < -0.4 is 10.6 Å². The van der Waals surface area contributed by atoms with E-state index >= 15 is 0 Å². The zero-order valence-corrected chi connectivity index (χ0v) is 17.4. The first-order valence-corrected chi connectivity index (χ1v) is 9.92. The SMILES string of the molecule is CC(=O)Nc1cccc(-n2nnnc2SC(C)C(=O)Nc2cc(C)ccc2C)c1. The highest BCUT2D eigenvalue weighted by Crippen LogP contribution is 2.25. The summed E-state index contributed by atoms with van der Waals surface area (Å²) >= 11 is 1.26. The zero-order valence-electron chi connectivity index (χ0n) is 16.6. The van der Waals surface area contributed by atoms with Gasteiger partial charge in [0.15, 0.2) is 0 Å². The molecule has 0 spiro atoms. The Morgan fingerprint density at radius 2 is 1.90 bits per heavy atom. The van der Waals surface area contributed by atoms with Crippen LogP contribution in [0.2, 0.25) is 0 Å².